The molecule has 1 fully saturated rings. The lowest BCUT2D eigenvalue weighted by Gasteiger charge is -2.22. The Kier molecular flexibility index (Phi) is 6.32. The van der Waals surface area contributed by atoms with E-state index in [1.807, 2.05) is 6.07 Å². The third-order valence-corrected chi connectivity index (χ3v) is 3.74. The van der Waals surface area contributed by atoms with Crippen molar-refractivity contribution < 1.29 is 4.79 Å². The van der Waals surface area contributed by atoms with Crippen LogP contribution in [0.2, 0.25) is 0 Å². The van der Waals surface area contributed by atoms with Gasteiger partial charge in [-0.15, -0.1) is 12.4 Å². The predicted octanol–water partition coefficient (Wildman–Crippen LogP) is 2.28. The highest BCUT2D eigenvalue weighted by Gasteiger charge is 2.29. The van der Waals surface area contributed by atoms with E-state index in [1.54, 1.807) is 6.92 Å². The highest BCUT2D eigenvalue weighted by Crippen LogP contribution is 2.28. The summed E-state index contributed by atoms with van der Waals surface area (Å²) in [4.78, 5) is 11.7. The molecule has 0 aromatic heterocycles. The van der Waals surface area contributed by atoms with Crippen LogP contribution in [0.5, 0.6) is 0 Å². The molecule has 1 saturated carbocycles. The molecule has 3 atom stereocenters. The van der Waals surface area contributed by atoms with Crippen molar-refractivity contribution in [3.8, 4) is 0 Å². The lowest BCUT2D eigenvalue weighted by molar-refractivity contribution is -0.122. The maximum absolute atomic E-state index is 11.7. The molecule has 1 aromatic rings. The minimum atomic E-state index is -0.414. The van der Waals surface area contributed by atoms with Gasteiger partial charge in [0.2, 0.25) is 5.91 Å². The first kappa shape index (κ1) is 16.0. The molecule has 0 saturated heterocycles. The first-order valence-corrected chi connectivity index (χ1v) is 6.76. The zero-order valence-corrected chi connectivity index (χ0v) is 12.2. The molecular formula is C15H23ClN2O. The largest absolute Gasteiger partial charge is 0.352 e. The minimum Gasteiger partial charge on any atom is -0.352 e. The monoisotopic (exact) mass is 282 g/mol. The van der Waals surface area contributed by atoms with E-state index in [0.717, 1.165) is 12.8 Å². The molecule has 1 aromatic carbocycles. The van der Waals surface area contributed by atoms with E-state index in [-0.39, 0.29) is 18.3 Å². The van der Waals surface area contributed by atoms with Gasteiger partial charge in [0, 0.05) is 6.04 Å². The summed E-state index contributed by atoms with van der Waals surface area (Å²) in [5.74, 6) is 0.523. The number of amides is 1. The SMILES string of the molecule is C[C@@H](N)C(=O)NC1CCCC1Cc1ccccc1.Cl. The standard InChI is InChI=1S/C15H22N2O.ClH/c1-11(16)15(18)17-14-9-5-8-13(14)10-12-6-3-2-4-7-12;/h2-4,6-7,11,13-14H,5,8-10,16H2,1H3,(H,17,18);1H/t11-,13?,14?;/m1./s1. The van der Waals surface area contributed by atoms with E-state index in [9.17, 15) is 4.79 Å². The molecule has 106 valence electrons. The highest BCUT2D eigenvalue weighted by atomic mass is 35.5. The van der Waals surface area contributed by atoms with Crippen LogP contribution in [0.25, 0.3) is 0 Å². The van der Waals surface area contributed by atoms with Gasteiger partial charge in [-0.05, 0) is 37.7 Å². The van der Waals surface area contributed by atoms with Gasteiger partial charge in [0.1, 0.15) is 0 Å². The second-order valence-corrected chi connectivity index (χ2v) is 5.28. The van der Waals surface area contributed by atoms with Crippen molar-refractivity contribution >= 4 is 18.3 Å². The number of benzene rings is 1. The van der Waals surface area contributed by atoms with E-state index in [0.29, 0.717) is 12.0 Å². The fourth-order valence-electron chi connectivity index (χ4n) is 2.70. The molecule has 0 aliphatic heterocycles. The molecule has 3 N–H and O–H groups in total. The van der Waals surface area contributed by atoms with Crippen LogP contribution in [-0.2, 0) is 11.2 Å². The van der Waals surface area contributed by atoms with Crippen LogP contribution < -0.4 is 11.1 Å². The summed E-state index contributed by atoms with van der Waals surface area (Å²) in [6.45, 7) is 1.73. The molecule has 19 heavy (non-hydrogen) atoms. The number of nitrogens with one attached hydrogen (secondary N) is 1. The Hall–Kier alpha value is -1.06. The number of carbonyl (C=O) groups excluding carboxylic acids is 1. The maximum Gasteiger partial charge on any atom is 0.236 e. The molecule has 2 rings (SSSR count). The lowest BCUT2D eigenvalue weighted by Crippen LogP contribution is -2.45. The summed E-state index contributed by atoms with van der Waals surface area (Å²) in [5, 5.41) is 3.08. The first-order chi connectivity index (χ1) is 8.66. The number of halogens is 1. The van der Waals surface area contributed by atoms with Crippen molar-refractivity contribution in [1.82, 2.24) is 5.32 Å². The summed E-state index contributed by atoms with van der Waals surface area (Å²) in [6.07, 6.45) is 4.51. The van der Waals surface area contributed by atoms with Gasteiger partial charge >= 0.3 is 0 Å². The van der Waals surface area contributed by atoms with Gasteiger partial charge in [0.05, 0.1) is 6.04 Å². The quantitative estimate of drug-likeness (QED) is 0.890. The molecule has 1 amide bonds. The number of rotatable bonds is 4. The molecule has 4 heteroatoms. The normalized spacial score (nSPS) is 23.5. The van der Waals surface area contributed by atoms with Crippen molar-refractivity contribution in [2.24, 2.45) is 11.7 Å². The molecular weight excluding hydrogens is 260 g/mol. The first-order valence-electron chi connectivity index (χ1n) is 6.76. The predicted molar refractivity (Wildman–Crippen MR) is 80.3 cm³/mol. The number of nitrogens with two attached hydrogens (primary N) is 1. The van der Waals surface area contributed by atoms with Crippen molar-refractivity contribution in [1.29, 1.82) is 0 Å². The molecule has 0 bridgehead atoms. The second kappa shape index (κ2) is 7.51. The van der Waals surface area contributed by atoms with Gasteiger partial charge in [0.25, 0.3) is 0 Å². The van der Waals surface area contributed by atoms with Gasteiger partial charge in [0.15, 0.2) is 0 Å². The maximum atomic E-state index is 11.7. The summed E-state index contributed by atoms with van der Waals surface area (Å²) in [5.41, 5.74) is 6.95. The van der Waals surface area contributed by atoms with Crippen molar-refractivity contribution in [3.05, 3.63) is 35.9 Å². The van der Waals surface area contributed by atoms with Crippen LogP contribution in [-0.4, -0.2) is 18.0 Å². The topological polar surface area (TPSA) is 55.1 Å². The fraction of sp³-hybridized carbons (Fsp3) is 0.533. The van der Waals surface area contributed by atoms with E-state index in [4.69, 9.17) is 5.73 Å². The van der Waals surface area contributed by atoms with E-state index < -0.39 is 6.04 Å². The van der Waals surface area contributed by atoms with E-state index in [1.165, 1.54) is 18.4 Å². The molecule has 0 spiro atoms. The van der Waals surface area contributed by atoms with E-state index in [2.05, 4.69) is 29.6 Å². The Morgan fingerprint density at radius 1 is 1.37 bits per heavy atom. The molecule has 2 unspecified atom stereocenters. The van der Waals surface area contributed by atoms with Gasteiger partial charge in [-0.25, -0.2) is 0 Å². The van der Waals surface area contributed by atoms with Crippen LogP contribution in [0.4, 0.5) is 0 Å². The smallest absolute Gasteiger partial charge is 0.236 e. The molecule has 0 radical (unpaired) electrons. The Balaban J connectivity index is 0.00000180. The summed E-state index contributed by atoms with van der Waals surface area (Å²) in [6, 6.07) is 10.4. The Bertz CT molecular complexity index is 394. The summed E-state index contributed by atoms with van der Waals surface area (Å²) < 4.78 is 0. The van der Waals surface area contributed by atoms with Crippen LogP contribution in [0.1, 0.15) is 31.7 Å². The molecule has 1 aliphatic rings. The Morgan fingerprint density at radius 3 is 2.68 bits per heavy atom. The third-order valence-electron chi connectivity index (χ3n) is 3.74. The van der Waals surface area contributed by atoms with Crippen molar-refractivity contribution in [3.63, 3.8) is 0 Å². The molecule has 1 aliphatic carbocycles. The van der Waals surface area contributed by atoms with Crippen LogP contribution in [0.15, 0.2) is 30.3 Å². The Labute approximate surface area is 121 Å². The van der Waals surface area contributed by atoms with Crippen molar-refractivity contribution in [2.75, 3.05) is 0 Å². The van der Waals surface area contributed by atoms with Crippen molar-refractivity contribution in [2.45, 2.75) is 44.7 Å². The number of hydrogen-bond acceptors (Lipinski definition) is 2. The molecule has 3 nitrogen and oxygen atoms in total. The van der Waals surface area contributed by atoms with Gasteiger partial charge in [-0.2, -0.15) is 0 Å². The average Bonchev–Trinajstić information content (AvgIpc) is 2.78. The molecule has 0 heterocycles. The van der Waals surface area contributed by atoms with E-state index >= 15 is 0 Å². The number of carbonyl (C=O) groups is 1. The van der Waals surface area contributed by atoms with Crippen LogP contribution >= 0.6 is 12.4 Å². The zero-order valence-electron chi connectivity index (χ0n) is 11.3. The lowest BCUT2D eigenvalue weighted by atomic mass is 9.94. The van der Waals surface area contributed by atoms with Gasteiger partial charge in [-0.3, -0.25) is 4.79 Å². The number of hydrogen-bond donors (Lipinski definition) is 2. The summed E-state index contributed by atoms with van der Waals surface area (Å²) in [7, 11) is 0. The summed E-state index contributed by atoms with van der Waals surface area (Å²) >= 11 is 0. The highest BCUT2D eigenvalue weighted by molar-refractivity contribution is 5.85. The van der Waals surface area contributed by atoms with Gasteiger partial charge in [-0.1, -0.05) is 36.8 Å². The van der Waals surface area contributed by atoms with Gasteiger partial charge < -0.3 is 11.1 Å². The average molecular weight is 283 g/mol. The second-order valence-electron chi connectivity index (χ2n) is 5.28. The zero-order chi connectivity index (χ0) is 13.0. The fourth-order valence-corrected chi connectivity index (χ4v) is 2.70. The Morgan fingerprint density at radius 2 is 2.05 bits per heavy atom. The van der Waals surface area contributed by atoms with Crippen LogP contribution in [0.3, 0.4) is 0 Å². The van der Waals surface area contributed by atoms with Crippen LogP contribution in [0, 0.1) is 5.92 Å². The third kappa shape index (κ3) is 4.51. The minimum absolute atomic E-state index is 0.